The second kappa shape index (κ2) is 4.71. The van der Waals surface area contributed by atoms with Gasteiger partial charge in [0.1, 0.15) is 0 Å². The molecule has 0 aliphatic rings. The first-order valence-electron chi connectivity index (χ1n) is 4.34. The Labute approximate surface area is 79.4 Å². The molecule has 0 bridgehead atoms. The van der Waals surface area contributed by atoms with Crippen LogP contribution in [0, 0.1) is 5.82 Å². The highest BCUT2D eigenvalue weighted by Crippen LogP contribution is 1.91. The molecule has 0 saturated carbocycles. The predicted molar refractivity (Wildman–Crippen MR) is 49.6 cm³/mol. The molecular formula is C8H12FN3O2. The van der Waals surface area contributed by atoms with E-state index < -0.39 is 17.1 Å². The highest BCUT2D eigenvalue weighted by Gasteiger charge is 2.02. The minimum Gasteiger partial charge on any atom is -0.330 e. The Morgan fingerprint density at radius 1 is 1.43 bits per heavy atom. The summed E-state index contributed by atoms with van der Waals surface area (Å²) in [4.78, 5) is 23.6. The molecule has 0 fully saturated rings. The largest absolute Gasteiger partial charge is 0.330 e. The van der Waals surface area contributed by atoms with Crippen molar-refractivity contribution in [2.45, 2.75) is 19.4 Å². The van der Waals surface area contributed by atoms with Crippen molar-refractivity contribution < 1.29 is 4.39 Å². The summed E-state index contributed by atoms with van der Waals surface area (Å²) in [7, 11) is 0. The smallest absolute Gasteiger partial charge is 0.328 e. The Hall–Kier alpha value is -1.43. The second-order valence-corrected chi connectivity index (χ2v) is 2.93. The first-order chi connectivity index (χ1) is 6.65. The van der Waals surface area contributed by atoms with Crippen molar-refractivity contribution in [3.8, 4) is 0 Å². The number of unbranched alkanes of at least 4 members (excludes halogenated alkanes) is 1. The number of halogens is 1. The lowest BCUT2D eigenvalue weighted by atomic mass is 10.3. The minimum absolute atomic E-state index is 0.365. The van der Waals surface area contributed by atoms with Crippen LogP contribution in [0.15, 0.2) is 15.8 Å². The Morgan fingerprint density at radius 3 is 2.79 bits per heavy atom. The van der Waals surface area contributed by atoms with Crippen LogP contribution in [0.3, 0.4) is 0 Å². The highest BCUT2D eigenvalue weighted by atomic mass is 19.1. The normalized spacial score (nSPS) is 10.4. The fraction of sp³-hybridized carbons (Fsp3) is 0.500. The van der Waals surface area contributed by atoms with E-state index in [1.54, 1.807) is 0 Å². The molecule has 0 aromatic carbocycles. The van der Waals surface area contributed by atoms with E-state index in [4.69, 9.17) is 5.73 Å². The molecule has 0 spiro atoms. The lowest BCUT2D eigenvalue weighted by Gasteiger charge is -2.03. The first kappa shape index (κ1) is 10.6. The summed E-state index contributed by atoms with van der Waals surface area (Å²) in [6, 6.07) is 0. The van der Waals surface area contributed by atoms with Crippen LogP contribution in [-0.4, -0.2) is 16.1 Å². The van der Waals surface area contributed by atoms with Gasteiger partial charge in [0.25, 0.3) is 5.56 Å². The number of aromatic nitrogens is 2. The summed E-state index contributed by atoms with van der Waals surface area (Å²) in [6.07, 6.45) is 2.35. The van der Waals surface area contributed by atoms with E-state index in [0.717, 1.165) is 17.2 Å². The van der Waals surface area contributed by atoms with Crippen LogP contribution in [0.2, 0.25) is 0 Å². The van der Waals surface area contributed by atoms with E-state index >= 15 is 0 Å². The number of aryl methyl sites for hydroxylation is 1. The third kappa shape index (κ3) is 2.53. The van der Waals surface area contributed by atoms with E-state index in [1.807, 2.05) is 4.98 Å². The first-order valence-corrected chi connectivity index (χ1v) is 4.34. The summed E-state index contributed by atoms with van der Waals surface area (Å²) in [5.41, 5.74) is 3.69. The van der Waals surface area contributed by atoms with Gasteiger partial charge >= 0.3 is 5.69 Å². The van der Waals surface area contributed by atoms with Crippen LogP contribution >= 0.6 is 0 Å². The maximum Gasteiger partial charge on any atom is 0.328 e. The van der Waals surface area contributed by atoms with Gasteiger partial charge in [-0.05, 0) is 19.4 Å². The van der Waals surface area contributed by atoms with E-state index in [9.17, 15) is 14.0 Å². The van der Waals surface area contributed by atoms with Crippen LogP contribution in [0.5, 0.6) is 0 Å². The fourth-order valence-corrected chi connectivity index (χ4v) is 1.08. The molecule has 0 amide bonds. The monoisotopic (exact) mass is 201 g/mol. The Balaban J connectivity index is 2.82. The average Bonchev–Trinajstić information content (AvgIpc) is 2.14. The van der Waals surface area contributed by atoms with Gasteiger partial charge in [-0.15, -0.1) is 0 Å². The van der Waals surface area contributed by atoms with Crippen molar-refractivity contribution >= 4 is 0 Å². The highest BCUT2D eigenvalue weighted by molar-refractivity contribution is 4.86. The van der Waals surface area contributed by atoms with Crippen molar-refractivity contribution in [1.82, 2.24) is 9.55 Å². The zero-order valence-corrected chi connectivity index (χ0v) is 7.62. The molecule has 14 heavy (non-hydrogen) atoms. The molecule has 0 unspecified atom stereocenters. The van der Waals surface area contributed by atoms with Crippen LogP contribution in [0.1, 0.15) is 12.8 Å². The van der Waals surface area contributed by atoms with Crippen molar-refractivity contribution in [2.75, 3.05) is 6.54 Å². The molecule has 1 heterocycles. The molecule has 0 aliphatic carbocycles. The molecule has 78 valence electrons. The molecule has 0 radical (unpaired) electrons. The van der Waals surface area contributed by atoms with Crippen LogP contribution < -0.4 is 17.0 Å². The standard InChI is InChI=1S/C8H12FN3O2/c9-6-5-12(4-2-1-3-10)8(14)11-7(6)13/h5H,1-4,10H2,(H,11,13,14). The van der Waals surface area contributed by atoms with Gasteiger partial charge in [0.05, 0.1) is 6.20 Å². The molecule has 1 aromatic heterocycles. The van der Waals surface area contributed by atoms with Gasteiger partial charge in [-0.2, -0.15) is 4.39 Å². The fourth-order valence-electron chi connectivity index (χ4n) is 1.08. The third-order valence-electron chi connectivity index (χ3n) is 1.82. The quantitative estimate of drug-likeness (QED) is 0.639. The summed E-state index contributed by atoms with van der Waals surface area (Å²) < 4.78 is 13.9. The average molecular weight is 201 g/mol. The molecule has 1 aromatic rings. The van der Waals surface area contributed by atoms with Gasteiger partial charge in [0.15, 0.2) is 0 Å². The lowest BCUT2D eigenvalue weighted by molar-refractivity contribution is 0.531. The minimum atomic E-state index is -0.981. The maximum atomic E-state index is 12.7. The summed E-state index contributed by atoms with van der Waals surface area (Å²) in [6.45, 7) is 0.893. The van der Waals surface area contributed by atoms with Crippen molar-refractivity contribution in [1.29, 1.82) is 0 Å². The summed E-state index contributed by atoms with van der Waals surface area (Å²) in [5, 5.41) is 0. The number of nitrogens with zero attached hydrogens (tertiary/aromatic N) is 1. The number of aromatic amines is 1. The van der Waals surface area contributed by atoms with Gasteiger partial charge in [0, 0.05) is 6.54 Å². The Morgan fingerprint density at radius 2 is 2.14 bits per heavy atom. The number of H-pyrrole nitrogens is 1. The van der Waals surface area contributed by atoms with Gasteiger partial charge in [0.2, 0.25) is 5.82 Å². The molecule has 1 rings (SSSR count). The topological polar surface area (TPSA) is 80.9 Å². The van der Waals surface area contributed by atoms with E-state index in [0.29, 0.717) is 19.5 Å². The molecule has 0 saturated heterocycles. The van der Waals surface area contributed by atoms with E-state index in [1.165, 1.54) is 0 Å². The van der Waals surface area contributed by atoms with Crippen LogP contribution in [0.4, 0.5) is 4.39 Å². The summed E-state index contributed by atoms with van der Waals surface area (Å²) in [5.74, 6) is -0.947. The van der Waals surface area contributed by atoms with Crippen LogP contribution in [0.25, 0.3) is 0 Å². The number of hydrogen-bond donors (Lipinski definition) is 2. The molecular weight excluding hydrogens is 189 g/mol. The number of nitrogens with two attached hydrogens (primary N) is 1. The van der Waals surface area contributed by atoms with Gasteiger partial charge in [-0.25, -0.2) is 4.79 Å². The van der Waals surface area contributed by atoms with Crippen molar-refractivity contribution in [3.63, 3.8) is 0 Å². The number of nitrogens with one attached hydrogen (secondary N) is 1. The van der Waals surface area contributed by atoms with Crippen molar-refractivity contribution in [2.24, 2.45) is 5.73 Å². The third-order valence-corrected chi connectivity index (χ3v) is 1.82. The lowest BCUT2D eigenvalue weighted by Crippen LogP contribution is -2.31. The van der Waals surface area contributed by atoms with Crippen LogP contribution in [-0.2, 0) is 6.54 Å². The number of hydrogen-bond acceptors (Lipinski definition) is 3. The van der Waals surface area contributed by atoms with Gasteiger partial charge < -0.3 is 5.73 Å². The number of rotatable bonds is 4. The van der Waals surface area contributed by atoms with E-state index in [2.05, 4.69) is 0 Å². The Kier molecular flexibility index (Phi) is 3.58. The zero-order chi connectivity index (χ0) is 10.6. The summed E-state index contributed by atoms with van der Waals surface area (Å²) >= 11 is 0. The van der Waals surface area contributed by atoms with Gasteiger partial charge in [-0.1, -0.05) is 0 Å². The maximum absolute atomic E-state index is 12.7. The SMILES string of the molecule is NCCCCn1cc(F)c(=O)[nH]c1=O. The molecule has 0 atom stereocenters. The van der Waals surface area contributed by atoms with E-state index in [-0.39, 0.29) is 0 Å². The van der Waals surface area contributed by atoms with Crippen molar-refractivity contribution in [3.05, 3.63) is 32.9 Å². The van der Waals surface area contributed by atoms with Gasteiger partial charge in [-0.3, -0.25) is 14.3 Å². The predicted octanol–water partition coefficient (Wildman–Crippen LogP) is -0.585. The molecule has 0 aliphatic heterocycles. The molecule has 6 heteroatoms. The zero-order valence-electron chi connectivity index (χ0n) is 7.62. The Bertz CT molecular complexity index is 410. The molecule has 3 N–H and O–H groups in total. The second-order valence-electron chi connectivity index (χ2n) is 2.93. The molecule has 5 nitrogen and oxygen atoms in total.